The molecule has 0 aliphatic heterocycles. The van der Waals surface area contributed by atoms with Gasteiger partial charge in [-0.1, -0.05) is 24.3 Å². The van der Waals surface area contributed by atoms with E-state index in [4.69, 9.17) is 14.6 Å². The van der Waals surface area contributed by atoms with Crippen LogP contribution in [0.1, 0.15) is 11.1 Å². The third kappa shape index (κ3) is 7.25. The van der Waals surface area contributed by atoms with Crippen molar-refractivity contribution in [3.05, 3.63) is 35.4 Å². The highest BCUT2D eigenvalue weighted by Gasteiger charge is 2.03. The lowest BCUT2D eigenvalue weighted by Crippen LogP contribution is -2.30. The molecular formula is C14H23NO4. The third-order valence-corrected chi connectivity index (χ3v) is 2.63. The van der Waals surface area contributed by atoms with Gasteiger partial charge in [0.25, 0.3) is 0 Å². The molecule has 0 aromatic heterocycles. The zero-order valence-electron chi connectivity index (χ0n) is 11.3. The van der Waals surface area contributed by atoms with Crippen molar-refractivity contribution >= 4 is 0 Å². The Hall–Kier alpha value is -0.980. The molecule has 5 heteroatoms. The van der Waals surface area contributed by atoms with Crippen LogP contribution in [-0.4, -0.2) is 49.8 Å². The Labute approximate surface area is 114 Å². The zero-order valence-corrected chi connectivity index (χ0v) is 11.3. The van der Waals surface area contributed by atoms with Crippen molar-refractivity contribution in [2.75, 3.05) is 33.5 Å². The van der Waals surface area contributed by atoms with Gasteiger partial charge >= 0.3 is 0 Å². The molecule has 0 aliphatic carbocycles. The topological polar surface area (TPSA) is 71.0 Å². The summed E-state index contributed by atoms with van der Waals surface area (Å²) in [6.45, 7) is 2.50. The van der Waals surface area contributed by atoms with Crippen molar-refractivity contribution in [3.8, 4) is 0 Å². The molecule has 0 saturated carbocycles. The van der Waals surface area contributed by atoms with Gasteiger partial charge in [0.05, 0.1) is 32.5 Å². The first-order valence-electron chi connectivity index (χ1n) is 6.40. The van der Waals surface area contributed by atoms with E-state index in [1.165, 1.54) is 0 Å². The molecule has 5 nitrogen and oxygen atoms in total. The molecular weight excluding hydrogens is 246 g/mol. The number of hydrogen-bond donors (Lipinski definition) is 3. The molecule has 1 rings (SSSR count). The van der Waals surface area contributed by atoms with Crippen LogP contribution in [0.2, 0.25) is 0 Å². The first-order chi connectivity index (χ1) is 9.26. The molecule has 0 aliphatic rings. The maximum absolute atomic E-state index is 9.66. The number of aliphatic hydroxyl groups excluding tert-OH is 2. The fourth-order valence-corrected chi connectivity index (χ4v) is 1.64. The van der Waals surface area contributed by atoms with E-state index >= 15 is 0 Å². The van der Waals surface area contributed by atoms with Crippen LogP contribution in [0.25, 0.3) is 0 Å². The highest BCUT2D eigenvalue weighted by molar-refractivity contribution is 5.22. The van der Waals surface area contributed by atoms with Gasteiger partial charge in [0.1, 0.15) is 0 Å². The lowest BCUT2D eigenvalue weighted by Gasteiger charge is -2.12. The van der Waals surface area contributed by atoms with Crippen molar-refractivity contribution in [1.29, 1.82) is 0 Å². The van der Waals surface area contributed by atoms with E-state index in [1.807, 2.05) is 24.3 Å². The predicted molar refractivity (Wildman–Crippen MR) is 72.8 cm³/mol. The number of hydrogen-bond acceptors (Lipinski definition) is 5. The van der Waals surface area contributed by atoms with Crippen LogP contribution in [0.15, 0.2) is 24.3 Å². The summed E-state index contributed by atoms with van der Waals surface area (Å²) in [7, 11) is 1.61. The molecule has 3 N–H and O–H groups in total. The molecule has 1 atom stereocenters. The third-order valence-electron chi connectivity index (χ3n) is 2.63. The van der Waals surface area contributed by atoms with Gasteiger partial charge in [0.2, 0.25) is 0 Å². The molecule has 0 fully saturated rings. The second-order valence-electron chi connectivity index (χ2n) is 4.33. The molecule has 1 aromatic carbocycles. The normalized spacial score (nSPS) is 12.6. The fraction of sp³-hybridized carbons (Fsp3) is 0.571. The molecule has 1 unspecified atom stereocenters. The number of nitrogens with one attached hydrogen (secondary N) is 1. The number of methoxy groups -OCH3 is 1. The first-order valence-corrected chi connectivity index (χ1v) is 6.40. The number of aliphatic hydroxyl groups is 2. The summed E-state index contributed by atoms with van der Waals surface area (Å²) in [6, 6.07) is 7.71. The second kappa shape index (κ2) is 9.89. The van der Waals surface area contributed by atoms with Gasteiger partial charge in [-0.3, -0.25) is 0 Å². The van der Waals surface area contributed by atoms with E-state index < -0.39 is 6.10 Å². The minimum atomic E-state index is -0.530. The van der Waals surface area contributed by atoms with Crippen molar-refractivity contribution in [3.63, 3.8) is 0 Å². The van der Waals surface area contributed by atoms with Gasteiger partial charge in [-0.05, 0) is 11.1 Å². The average Bonchev–Trinajstić information content (AvgIpc) is 2.44. The number of ether oxygens (including phenoxy) is 2. The summed E-state index contributed by atoms with van der Waals surface area (Å²) in [5.74, 6) is 0. The largest absolute Gasteiger partial charge is 0.392 e. The molecule has 108 valence electrons. The van der Waals surface area contributed by atoms with E-state index in [0.717, 1.165) is 11.1 Å². The second-order valence-corrected chi connectivity index (χ2v) is 4.33. The van der Waals surface area contributed by atoms with Crippen molar-refractivity contribution in [2.45, 2.75) is 19.3 Å². The SMILES string of the molecule is COCCOCC(O)CNCc1cccc(CO)c1. The summed E-state index contributed by atoms with van der Waals surface area (Å²) in [4.78, 5) is 0. The van der Waals surface area contributed by atoms with Crippen LogP contribution < -0.4 is 5.32 Å². The Morgan fingerprint density at radius 1 is 1.26 bits per heavy atom. The Kier molecular flexibility index (Phi) is 8.36. The van der Waals surface area contributed by atoms with Crippen molar-refractivity contribution < 1.29 is 19.7 Å². The van der Waals surface area contributed by atoms with Gasteiger partial charge < -0.3 is 25.0 Å². The van der Waals surface area contributed by atoms with E-state index in [-0.39, 0.29) is 6.61 Å². The molecule has 1 aromatic rings. The summed E-state index contributed by atoms with van der Waals surface area (Å²) in [5, 5.41) is 21.8. The van der Waals surface area contributed by atoms with Crippen LogP contribution >= 0.6 is 0 Å². The van der Waals surface area contributed by atoms with Crippen LogP contribution in [0.5, 0.6) is 0 Å². The van der Waals surface area contributed by atoms with Gasteiger partial charge in [-0.2, -0.15) is 0 Å². The molecule has 0 spiro atoms. The van der Waals surface area contributed by atoms with Gasteiger partial charge in [-0.15, -0.1) is 0 Å². The minimum absolute atomic E-state index is 0.0454. The van der Waals surface area contributed by atoms with Crippen molar-refractivity contribution in [2.24, 2.45) is 0 Å². The van der Waals surface area contributed by atoms with Gasteiger partial charge in [0, 0.05) is 20.2 Å². The predicted octanol–water partition coefficient (Wildman–Crippen LogP) is 0.292. The van der Waals surface area contributed by atoms with E-state index in [9.17, 15) is 5.11 Å². The highest BCUT2D eigenvalue weighted by atomic mass is 16.5. The van der Waals surface area contributed by atoms with Crippen LogP contribution in [0.3, 0.4) is 0 Å². The van der Waals surface area contributed by atoms with Gasteiger partial charge in [0.15, 0.2) is 0 Å². The highest BCUT2D eigenvalue weighted by Crippen LogP contribution is 2.04. The molecule has 19 heavy (non-hydrogen) atoms. The summed E-state index contributed by atoms with van der Waals surface area (Å²) < 4.78 is 10.1. The molecule has 0 amide bonds. The lowest BCUT2D eigenvalue weighted by atomic mass is 10.1. The smallest absolute Gasteiger partial charge is 0.0897 e. The number of benzene rings is 1. The maximum atomic E-state index is 9.66. The fourth-order valence-electron chi connectivity index (χ4n) is 1.64. The number of rotatable bonds is 10. The molecule has 0 bridgehead atoms. The average molecular weight is 269 g/mol. The van der Waals surface area contributed by atoms with Crippen molar-refractivity contribution in [1.82, 2.24) is 5.32 Å². The van der Waals surface area contributed by atoms with Crippen LogP contribution in [-0.2, 0) is 22.6 Å². The van der Waals surface area contributed by atoms with E-state index in [2.05, 4.69) is 5.32 Å². The Balaban J connectivity index is 2.15. The lowest BCUT2D eigenvalue weighted by molar-refractivity contribution is 0.0137. The minimum Gasteiger partial charge on any atom is -0.392 e. The Bertz CT molecular complexity index is 346. The molecule has 0 heterocycles. The van der Waals surface area contributed by atoms with E-state index in [0.29, 0.717) is 32.9 Å². The van der Waals surface area contributed by atoms with Crippen LogP contribution in [0.4, 0.5) is 0 Å². The maximum Gasteiger partial charge on any atom is 0.0897 e. The Morgan fingerprint density at radius 3 is 2.79 bits per heavy atom. The molecule has 0 radical (unpaired) electrons. The zero-order chi connectivity index (χ0) is 13.9. The van der Waals surface area contributed by atoms with Crippen LogP contribution in [0, 0.1) is 0 Å². The first kappa shape index (κ1) is 16.1. The van der Waals surface area contributed by atoms with Gasteiger partial charge in [-0.25, -0.2) is 0 Å². The Morgan fingerprint density at radius 2 is 2.05 bits per heavy atom. The summed E-state index contributed by atoms with van der Waals surface area (Å²) in [5.41, 5.74) is 1.97. The monoisotopic (exact) mass is 269 g/mol. The summed E-state index contributed by atoms with van der Waals surface area (Å²) >= 11 is 0. The standard InChI is InChI=1S/C14H23NO4/c1-18-5-6-19-11-14(17)9-15-8-12-3-2-4-13(7-12)10-16/h2-4,7,14-17H,5-6,8-11H2,1H3. The quantitative estimate of drug-likeness (QED) is 0.533. The molecule has 0 saturated heterocycles. The van der Waals surface area contributed by atoms with E-state index in [1.54, 1.807) is 7.11 Å². The summed E-state index contributed by atoms with van der Waals surface area (Å²) in [6.07, 6.45) is -0.530.